The molecule has 1 aromatic rings. The van der Waals surface area contributed by atoms with Gasteiger partial charge in [0.1, 0.15) is 5.69 Å². The molecule has 0 aliphatic carbocycles. The number of carbonyl (C=O) groups excluding carboxylic acids is 1. The van der Waals surface area contributed by atoms with Gasteiger partial charge in [0.15, 0.2) is 0 Å². The summed E-state index contributed by atoms with van der Waals surface area (Å²) in [5.41, 5.74) is 5.95. The van der Waals surface area contributed by atoms with Crippen LogP contribution in [0.4, 0.5) is 11.4 Å². The summed E-state index contributed by atoms with van der Waals surface area (Å²) in [5.74, 6) is -0.0943. The van der Waals surface area contributed by atoms with E-state index in [-0.39, 0.29) is 17.3 Å². The van der Waals surface area contributed by atoms with Crippen LogP contribution in [0, 0.1) is 10.1 Å². The van der Waals surface area contributed by atoms with Crippen LogP contribution in [0.2, 0.25) is 0 Å². The molecule has 2 heterocycles. The van der Waals surface area contributed by atoms with E-state index in [0.717, 1.165) is 26.1 Å². The Balaban J connectivity index is 1.76. The van der Waals surface area contributed by atoms with Crippen LogP contribution < -0.4 is 5.73 Å². The molecule has 1 aromatic carbocycles. The van der Waals surface area contributed by atoms with Crippen LogP contribution in [0.25, 0.3) is 0 Å². The van der Waals surface area contributed by atoms with Gasteiger partial charge in [0, 0.05) is 37.3 Å². The summed E-state index contributed by atoms with van der Waals surface area (Å²) in [6.07, 6.45) is 2.32. The molecule has 0 saturated carbocycles. The van der Waals surface area contributed by atoms with Gasteiger partial charge in [-0.1, -0.05) is 0 Å². The highest BCUT2D eigenvalue weighted by molar-refractivity contribution is 5.95. The van der Waals surface area contributed by atoms with E-state index in [2.05, 4.69) is 4.90 Å². The van der Waals surface area contributed by atoms with Gasteiger partial charge in [-0.05, 0) is 31.5 Å². The first-order valence-corrected chi connectivity index (χ1v) is 7.13. The van der Waals surface area contributed by atoms with Gasteiger partial charge in [0.05, 0.1) is 4.92 Å². The lowest BCUT2D eigenvalue weighted by Crippen LogP contribution is -2.52. The Morgan fingerprint density at radius 2 is 2.14 bits per heavy atom. The molecule has 3 rings (SSSR count). The summed E-state index contributed by atoms with van der Waals surface area (Å²) >= 11 is 0. The van der Waals surface area contributed by atoms with Gasteiger partial charge >= 0.3 is 0 Å². The number of anilines is 1. The van der Waals surface area contributed by atoms with Crippen LogP contribution in [0.5, 0.6) is 0 Å². The molecule has 0 radical (unpaired) electrons. The molecule has 1 unspecified atom stereocenters. The van der Waals surface area contributed by atoms with Gasteiger partial charge in [-0.3, -0.25) is 19.8 Å². The van der Waals surface area contributed by atoms with E-state index >= 15 is 0 Å². The normalized spacial score (nSPS) is 22.1. The number of nitrogen functional groups attached to an aromatic ring is 1. The fraction of sp³-hybridized carbons (Fsp3) is 0.500. The quantitative estimate of drug-likeness (QED) is 0.500. The molecule has 112 valence electrons. The molecule has 7 nitrogen and oxygen atoms in total. The second-order valence-electron chi connectivity index (χ2n) is 5.61. The van der Waals surface area contributed by atoms with Crippen LogP contribution in [0.1, 0.15) is 23.2 Å². The molecule has 0 bridgehead atoms. The third kappa shape index (κ3) is 2.56. The van der Waals surface area contributed by atoms with E-state index in [0.29, 0.717) is 18.2 Å². The van der Waals surface area contributed by atoms with Crippen molar-refractivity contribution in [1.82, 2.24) is 9.80 Å². The molecule has 2 N–H and O–H groups in total. The Morgan fingerprint density at radius 1 is 1.33 bits per heavy atom. The molecule has 0 aromatic heterocycles. The Morgan fingerprint density at radius 3 is 2.86 bits per heavy atom. The minimum Gasteiger partial charge on any atom is -0.393 e. The van der Waals surface area contributed by atoms with Crippen molar-refractivity contribution in [3.05, 3.63) is 33.9 Å². The molecule has 7 heteroatoms. The van der Waals surface area contributed by atoms with Gasteiger partial charge < -0.3 is 10.6 Å². The molecular formula is C14H18N4O3. The molecule has 21 heavy (non-hydrogen) atoms. The molecule has 0 spiro atoms. The van der Waals surface area contributed by atoms with E-state index in [1.807, 2.05) is 4.90 Å². The first-order chi connectivity index (χ1) is 10.1. The van der Waals surface area contributed by atoms with Crippen LogP contribution in [-0.4, -0.2) is 52.9 Å². The van der Waals surface area contributed by atoms with Crippen molar-refractivity contribution >= 4 is 17.3 Å². The minimum atomic E-state index is -0.541. The number of nitro benzene ring substituents is 1. The second-order valence-corrected chi connectivity index (χ2v) is 5.61. The van der Waals surface area contributed by atoms with Crippen molar-refractivity contribution in [2.45, 2.75) is 18.9 Å². The fourth-order valence-corrected chi connectivity index (χ4v) is 3.21. The van der Waals surface area contributed by atoms with E-state index < -0.39 is 4.92 Å². The zero-order valence-corrected chi connectivity index (χ0v) is 11.7. The lowest BCUT2D eigenvalue weighted by atomic mass is 10.1. The number of piperazine rings is 1. The summed E-state index contributed by atoms with van der Waals surface area (Å²) in [5, 5.41) is 10.8. The molecule has 1 amide bonds. The number of hydrogen-bond donors (Lipinski definition) is 1. The van der Waals surface area contributed by atoms with Gasteiger partial charge in [-0.25, -0.2) is 0 Å². The summed E-state index contributed by atoms with van der Waals surface area (Å²) < 4.78 is 0. The second kappa shape index (κ2) is 5.33. The Labute approximate surface area is 122 Å². The predicted octanol–water partition coefficient (Wildman–Crippen LogP) is 1.10. The number of hydrogen-bond acceptors (Lipinski definition) is 5. The van der Waals surface area contributed by atoms with E-state index in [4.69, 9.17) is 5.73 Å². The van der Waals surface area contributed by atoms with Gasteiger partial charge in [-0.2, -0.15) is 0 Å². The summed E-state index contributed by atoms with van der Waals surface area (Å²) in [7, 11) is 0. The standard InChI is InChI=1S/C14H18N4O3/c15-12-8-10(3-4-13(12)18(20)21)14(19)17-7-6-16-5-1-2-11(16)9-17/h3-4,8,11H,1-2,5-7,9,15H2. The van der Waals surface area contributed by atoms with Crippen LogP contribution in [-0.2, 0) is 0 Å². The highest BCUT2D eigenvalue weighted by atomic mass is 16.6. The lowest BCUT2D eigenvalue weighted by Gasteiger charge is -2.37. The monoisotopic (exact) mass is 290 g/mol. The number of rotatable bonds is 2. The number of nitro groups is 1. The van der Waals surface area contributed by atoms with Crippen molar-refractivity contribution in [3.63, 3.8) is 0 Å². The molecule has 2 fully saturated rings. The number of carbonyl (C=O) groups is 1. The highest BCUT2D eigenvalue weighted by Gasteiger charge is 2.33. The average molecular weight is 290 g/mol. The summed E-state index contributed by atoms with van der Waals surface area (Å²) in [4.78, 5) is 27.0. The first kappa shape index (κ1) is 13.8. The number of nitrogens with zero attached hydrogens (tertiary/aromatic N) is 3. The minimum absolute atomic E-state index is 0.0327. The number of amides is 1. The van der Waals surface area contributed by atoms with Gasteiger partial charge in [0.2, 0.25) is 0 Å². The number of benzene rings is 1. The Hall–Kier alpha value is -2.15. The fourth-order valence-electron chi connectivity index (χ4n) is 3.21. The smallest absolute Gasteiger partial charge is 0.292 e. The van der Waals surface area contributed by atoms with Crippen molar-refractivity contribution < 1.29 is 9.72 Å². The molecule has 1 atom stereocenters. The van der Waals surface area contributed by atoms with Crippen molar-refractivity contribution in [3.8, 4) is 0 Å². The first-order valence-electron chi connectivity index (χ1n) is 7.13. The predicted molar refractivity (Wildman–Crippen MR) is 78.0 cm³/mol. The maximum Gasteiger partial charge on any atom is 0.292 e. The lowest BCUT2D eigenvalue weighted by molar-refractivity contribution is -0.383. The topological polar surface area (TPSA) is 92.7 Å². The summed E-state index contributed by atoms with van der Waals surface area (Å²) in [6, 6.07) is 4.64. The van der Waals surface area contributed by atoms with E-state index in [1.54, 1.807) is 0 Å². The maximum absolute atomic E-state index is 12.5. The third-order valence-corrected chi connectivity index (χ3v) is 4.35. The van der Waals surface area contributed by atoms with Crippen molar-refractivity contribution in [2.75, 3.05) is 31.9 Å². The van der Waals surface area contributed by atoms with Crippen LogP contribution in [0.3, 0.4) is 0 Å². The molecule has 2 saturated heterocycles. The molecule has 2 aliphatic rings. The van der Waals surface area contributed by atoms with Crippen molar-refractivity contribution in [1.29, 1.82) is 0 Å². The molecular weight excluding hydrogens is 272 g/mol. The van der Waals surface area contributed by atoms with Gasteiger partial charge in [0.25, 0.3) is 11.6 Å². The van der Waals surface area contributed by atoms with Crippen molar-refractivity contribution in [2.24, 2.45) is 0 Å². The third-order valence-electron chi connectivity index (χ3n) is 4.35. The van der Waals surface area contributed by atoms with Crippen LogP contribution >= 0.6 is 0 Å². The van der Waals surface area contributed by atoms with E-state index in [9.17, 15) is 14.9 Å². The summed E-state index contributed by atoms with van der Waals surface area (Å²) in [6.45, 7) is 3.46. The van der Waals surface area contributed by atoms with Crippen LogP contribution in [0.15, 0.2) is 18.2 Å². The number of fused-ring (bicyclic) bond motifs is 1. The molecule has 2 aliphatic heterocycles. The van der Waals surface area contributed by atoms with E-state index in [1.165, 1.54) is 24.6 Å². The Bertz CT molecular complexity index is 590. The largest absolute Gasteiger partial charge is 0.393 e. The zero-order valence-electron chi connectivity index (χ0n) is 11.7. The SMILES string of the molecule is Nc1cc(C(=O)N2CCN3CCCC3C2)ccc1[N+](=O)[O-]. The maximum atomic E-state index is 12.5. The average Bonchev–Trinajstić information content (AvgIpc) is 2.93. The van der Waals surface area contributed by atoms with Gasteiger partial charge in [-0.15, -0.1) is 0 Å². The number of nitrogens with two attached hydrogens (primary N) is 1. The highest BCUT2D eigenvalue weighted by Crippen LogP contribution is 2.25. The zero-order chi connectivity index (χ0) is 15.0. The Kier molecular flexibility index (Phi) is 3.50.